The maximum Gasteiger partial charge on any atom is 0.127 e. The molecule has 102 valence electrons. The van der Waals surface area contributed by atoms with E-state index in [1.807, 2.05) is 12.1 Å². The van der Waals surface area contributed by atoms with E-state index in [1.54, 1.807) is 0 Å². The average molecular weight is 305 g/mol. The van der Waals surface area contributed by atoms with Gasteiger partial charge in [-0.15, -0.1) is 11.6 Å². The van der Waals surface area contributed by atoms with Crippen LogP contribution in [0.15, 0.2) is 36.4 Å². The summed E-state index contributed by atoms with van der Waals surface area (Å²) >= 11 is 13.0. The largest absolute Gasteiger partial charge is 0.493 e. The fourth-order valence-electron chi connectivity index (χ4n) is 3.28. The fourth-order valence-corrected chi connectivity index (χ4v) is 3.91. The Bertz CT molecular complexity index is 681. The molecule has 2 atom stereocenters. The first-order chi connectivity index (χ1) is 9.74. The van der Waals surface area contributed by atoms with Gasteiger partial charge in [0.05, 0.1) is 12.0 Å². The van der Waals surface area contributed by atoms with Crippen LogP contribution in [0.3, 0.4) is 0 Å². The van der Waals surface area contributed by atoms with Gasteiger partial charge in [0, 0.05) is 22.9 Å². The Balaban J connectivity index is 1.73. The third kappa shape index (κ3) is 1.84. The number of halogens is 2. The zero-order valence-corrected chi connectivity index (χ0v) is 12.4. The van der Waals surface area contributed by atoms with Gasteiger partial charge in [0.1, 0.15) is 5.75 Å². The van der Waals surface area contributed by atoms with Crippen molar-refractivity contribution in [3.05, 3.63) is 63.7 Å². The lowest BCUT2D eigenvalue weighted by Crippen LogP contribution is -2.21. The Morgan fingerprint density at radius 3 is 2.85 bits per heavy atom. The molecule has 3 heteroatoms. The van der Waals surface area contributed by atoms with E-state index in [-0.39, 0.29) is 5.38 Å². The molecule has 4 rings (SSSR count). The molecule has 0 radical (unpaired) electrons. The van der Waals surface area contributed by atoms with Crippen LogP contribution in [0.1, 0.15) is 33.5 Å². The molecule has 0 saturated carbocycles. The highest BCUT2D eigenvalue weighted by Crippen LogP contribution is 2.50. The van der Waals surface area contributed by atoms with E-state index in [0.717, 1.165) is 35.8 Å². The van der Waals surface area contributed by atoms with Gasteiger partial charge in [-0.2, -0.15) is 0 Å². The normalized spacial score (nSPS) is 20.6. The minimum absolute atomic E-state index is 0.0737. The molecular weight excluding hydrogens is 291 g/mol. The Labute approximate surface area is 128 Å². The molecule has 1 aliphatic heterocycles. The molecule has 0 aromatic heterocycles. The Morgan fingerprint density at radius 1 is 1.15 bits per heavy atom. The molecule has 0 bridgehead atoms. The van der Waals surface area contributed by atoms with E-state index in [4.69, 9.17) is 27.9 Å². The minimum atomic E-state index is -0.0737. The zero-order valence-electron chi connectivity index (χ0n) is 10.9. The summed E-state index contributed by atoms with van der Waals surface area (Å²) in [6.45, 7) is 0.730. The highest BCUT2D eigenvalue weighted by Gasteiger charge is 2.35. The van der Waals surface area contributed by atoms with Crippen LogP contribution < -0.4 is 4.74 Å². The molecule has 0 saturated heterocycles. The second-order valence-electron chi connectivity index (χ2n) is 5.49. The van der Waals surface area contributed by atoms with Crippen LogP contribution in [-0.2, 0) is 12.8 Å². The lowest BCUT2D eigenvalue weighted by Gasteiger charge is -2.34. The van der Waals surface area contributed by atoms with Crippen LogP contribution in [0, 0.1) is 0 Å². The van der Waals surface area contributed by atoms with Gasteiger partial charge in [-0.3, -0.25) is 0 Å². The van der Waals surface area contributed by atoms with Crippen molar-refractivity contribution in [2.75, 3.05) is 6.61 Å². The van der Waals surface area contributed by atoms with Gasteiger partial charge in [0.2, 0.25) is 0 Å². The lowest BCUT2D eigenvalue weighted by molar-refractivity contribution is 0.351. The summed E-state index contributed by atoms with van der Waals surface area (Å²) in [5, 5.41) is 0.679. The fraction of sp³-hybridized carbons (Fsp3) is 0.294. The maximum atomic E-state index is 6.75. The molecule has 0 N–H and O–H groups in total. The first-order valence-electron chi connectivity index (χ1n) is 6.91. The van der Waals surface area contributed by atoms with Crippen molar-refractivity contribution >= 4 is 23.2 Å². The zero-order chi connectivity index (χ0) is 13.7. The Morgan fingerprint density at radius 2 is 2.00 bits per heavy atom. The highest BCUT2D eigenvalue weighted by molar-refractivity contribution is 6.31. The quantitative estimate of drug-likeness (QED) is 0.717. The molecule has 2 aliphatic rings. The number of ether oxygens (including phenoxy) is 1. The third-order valence-electron chi connectivity index (χ3n) is 4.32. The van der Waals surface area contributed by atoms with E-state index in [1.165, 1.54) is 16.7 Å². The molecule has 1 heterocycles. The average Bonchev–Trinajstić information content (AvgIpc) is 2.87. The molecule has 2 unspecified atom stereocenters. The van der Waals surface area contributed by atoms with E-state index in [0.29, 0.717) is 5.92 Å². The summed E-state index contributed by atoms with van der Waals surface area (Å²) in [4.78, 5) is 0. The van der Waals surface area contributed by atoms with Crippen molar-refractivity contribution in [3.8, 4) is 5.75 Å². The van der Waals surface area contributed by atoms with Crippen molar-refractivity contribution in [2.45, 2.75) is 24.1 Å². The number of fused-ring (bicyclic) bond motifs is 2. The molecule has 20 heavy (non-hydrogen) atoms. The van der Waals surface area contributed by atoms with Crippen molar-refractivity contribution in [3.63, 3.8) is 0 Å². The van der Waals surface area contributed by atoms with Crippen molar-refractivity contribution in [2.24, 2.45) is 0 Å². The van der Waals surface area contributed by atoms with Crippen LogP contribution in [0.4, 0.5) is 0 Å². The molecule has 0 amide bonds. The number of hydrogen-bond donors (Lipinski definition) is 0. The lowest BCUT2D eigenvalue weighted by atomic mass is 9.74. The van der Waals surface area contributed by atoms with Crippen molar-refractivity contribution in [1.82, 2.24) is 0 Å². The molecule has 2 aromatic carbocycles. The first kappa shape index (κ1) is 12.6. The Kier molecular flexibility index (Phi) is 2.94. The number of rotatable bonds is 2. The van der Waals surface area contributed by atoms with Gasteiger partial charge in [0.15, 0.2) is 0 Å². The summed E-state index contributed by atoms with van der Waals surface area (Å²) in [6, 6.07) is 12.5. The van der Waals surface area contributed by atoms with Crippen molar-refractivity contribution < 1.29 is 4.74 Å². The monoisotopic (exact) mass is 304 g/mol. The van der Waals surface area contributed by atoms with Gasteiger partial charge in [-0.25, -0.2) is 0 Å². The van der Waals surface area contributed by atoms with Crippen LogP contribution in [0.5, 0.6) is 5.75 Å². The highest BCUT2D eigenvalue weighted by atomic mass is 35.5. The summed E-state index contributed by atoms with van der Waals surface area (Å²) < 4.78 is 5.77. The summed E-state index contributed by atoms with van der Waals surface area (Å²) in [5.41, 5.74) is 5.00. The summed E-state index contributed by atoms with van der Waals surface area (Å²) in [5.74, 6) is 1.32. The van der Waals surface area contributed by atoms with Gasteiger partial charge in [-0.05, 0) is 35.2 Å². The van der Waals surface area contributed by atoms with Gasteiger partial charge >= 0.3 is 0 Å². The molecule has 0 fully saturated rings. The van der Waals surface area contributed by atoms with E-state index in [2.05, 4.69) is 24.3 Å². The minimum Gasteiger partial charge on any atom is -0.493 e. The Hall–Kier alpha value is -1.18. The molecule has 1 nitrogen and oxygen atoms in total. The summed E-state index contributed by atoms with van der Waals surface area (Å²) in [6.07, 6.45) is 1.96. The predicted molar refractivity (Wildman–Crippen MR) is 82.1 cm³/mol. The smallest absolute Gasteiger partial charge is 0.127 e. The summed E-state index contributed by atoms with van der Waals surface area (Å²) in [7, 11) is 0. The van der Waals surface area contributed by atoms with E-state index < -0.39 is 0 Å². The van der Waals surface area contributed by atoms with Crippen molar-refractivity contribution in [1.29, 1.82) is 0 Å². The second kappa shape index (κ2) is 4.68. The molecular formula is C17H14Cl2O. The van der Waals surface area contributed by atoms with Crippen LogP contribution in [0.25, 0.3) is 0 Å². The predicted octanol–water partition coefficient (Wildman–Crippen LogP) is 4.89. The topological polar surface area (TPSA) is 9.23 Å². The maximum absolute atomic E-state index is 6.75. The van der Waals surface area contributed by atoms with Gasteiger partial charge in [0.25, 0.3) is 0 Å². The number of alkyl halides is 1. The third-order valence-corrected chi connectivity index (χ3v) is 5.08. The van der Waals surface area contributed by atoms with E-state index in [9.17, 15) is 0 Å². The molecule has 0 spiro atoms. The SMILES string of the molecule is Clc1cc2c(c(C(Cl)C3Cc4ccccc43)c1)OCC2. The van der Waals surface area contributed by atoms with Crippen LogP contribution in [0.2, 0.25) is 5.02 Å². The number of benzene rings is 2. The molecule has 1 aliphatic carbocycles. The van der Waals surface area contributed by atoms with Gasteiger partial charge < -0.3 is 4.74 Å². The van der Waals surface area contributed by atoms with E-state index >= 15 is 0 Å². The van der Waals surface area contributed by atoms with Gasteiger partial charge in [-0.1, -0.05) is 35.9 Å². The standard InChI is InChI=1S/C17H14Cl2O/c18-12-7-11-5-6-20-17(11)15(9-12)16(19)14-8-10-3-1-2-4-13(10)14/h1-4,7,9,14,16H,5-6,8H2. The second-order valence-corrected chi connectivity index (χ2v) is 6.40. The van der Waals surface area contributed by atoms with Crippen LogP contribution in [-0.4, -0.2) is 6.61 Å². The number of hydrogen-bond acceptors (Lipinski definition) is 1. The first-order valence-corrected chi connectivity index (χ1v) is 7.72. The van der Waals surface area contributed by atoms with Crippen LogP contribution >= 0.6 is 23.2 Å². The molecule has 2 aromatic rings.